The number of benzene rings is 1. The quantitative estimate of drug-likeness (QED) is 0.922. The van der Waals surface area contributed by atoms with E-state index >= 15 is 0 Å². The molecule has 0 radical (unpaired) electrons. The van der Waals surface area contributed by atoms with Crippen LogP contribution < -0.4 is 4.74 Å². The first-order valence-corrected chi connectivity index (χ1v) is 6.96. The predicted molar refractivity (Wildman–Crippen MR) is 77.5 cm³/mol. The molecule has 1 heterocycles. The fourth-order valence-corrected chi connectivity index (χ4v) is 2.12. The van der Waals surface area contributed by atoms with Gasteiger partial charge in [-0.25, -0.2) is 0 Å². The smallest absolute Gasteiger partial charge is 0.165 e. The van der Waals surface area contributed by atoms with Crippen LogP contribution in [0.5, 0.6) is 11.5 Å². The number of halogens is 1. The van der Waals surface area contributed by atoms with Crippen LogP contribution in [0.15, 0.2) is 35.1 Å². The highest BCUT2D eigenvalue weighted by molar-refractivity contribution is 9.10. The van der Waals surface area contributed by atoms with Gasteiger partial charge >= 0.3 is 0 Å². The maximum atomic E-state index is 9.52. The summed E-state index contributed by atoms with van der Waals surface area (Å²) in [4.78, 5) is 0. The molecule has 0 spiro atoms. The molecule has 0 saturated carbocycles. The Morgan fingerprint density at radius 2 is 2.05 bits per heavy atom. The SMILES string of the molecule is CC(C)n1cc(Oc2ccc([C@@H](C)O)cc2Br)cn1. The summed E-state index contributed by atoms with van der Waals surface area (Å²) in [5, 5.41) is 13.7. The lowest BCUT2D eigenvalue weighted by Crippen LogP contribution is -1.99. The second-order valence-corrected chi connectivity index (χ2v) is 5.57. The number of nitrogens with zero attached hydrogens (tertiary/aromatic N) is 2. The number of hydrogen-bond acceptors (Lipinski definition) is 3. The number of hydrogen-bond donors (Lipinski definition) is 1. The molecule has 1 aromatic carbocycles. The van der Waals surface area contributed by atoms with Gasteiger partial charge in [0.25, 0.3) is 0 Å². The molecule has 4 nitrogen and oxygen atoms in total. The van der Waals surface area contributed by atoms with E-state index in [1.165, 1.54) is 0 Å². The van der Waals surface area contributed by atoms with Gasteiger partial charge in [-0.3, -0.25) is 4.68 Å². The van der Waals surface area contributed by atoms with Gasteiger partial charge in [-0.05, 0) is 54.4 Å². The molecule has 0 unspecified atom stereocenters. The highest BCUT2D eigenvalue weighted by atomic mass is 79.9. The molecule has 0 aliphatic rings. The summed E-state index contributed by atoms with van der Waals surface area (Å²) in [6.45, 7) is 5.85. The molecular weight excluding hydrogens is 308 g/mol. The van der Waals surface area contributed by atoms with Crippen molar-refractivity contribution < 1.29 is 9.84 Å². The molecule has 102 valence electrons. The zero-order valence-corrected chi connectivity index (χ0v) is 12.8. The number of rotatable bonds is 4. The largest absolute Gasteiger partial charge is 0.453 e. The van der Waals surface area contributed by atoms with Crippen molar-refractivity contribution >= 4 is 15.9 Å². The molecule has 2 aromatic rings. The third-order valence-electron chi connectivity index (χ3n) is 2.77. The van der Waals surface area contributed by atoms with Crippen LogP contribution in [0.2, 0.25) is 0 Å². The summed E-state index contributed by atoms with van der Waals surface area (Å²) < 4.78 is 8.41. The lowest BCUT2D eigenvalue weighted by molar-refractivity contribution is 0.199. The van der Waals surface area contributed by atoms with Crippen LogP contribution in [0, 0.1) is 0 Å². The molecule has 0 saturated heterocycles. The van der Waals surface area contributed by atoms with Gasteiger partial charge in [-0.2, -0.15) is 5.10 Å². The van der Waals surface area contributed by atoms with Crippen molar-refractivity contribution in [2.24, 2.45) is 0 Å². The molecule has 0 fully saturated rings. The van der Waals surface area contributed by atoms with Crippen LogP contribution in [0.25, 0.3) is 0 Å². The Morgan fingerprint density at radius 1 is 1.32 bits per heavy atom. The summed E-state index contributed by atoms with van der Waals surface area (Å²) in [5.74, 6) is 1.40. The van der Waals surface area contributed by atoms with Gasteiger partial charge in [-0.1, -0.05) is 6.07 Å². The minimum atomic E-state index is -0.492. The van der Waals surface area contributed by atoms with E-state index in [4.69, 9.17) is 4.74 Å². The van der Waals surface area contributed by atoms with Crippen LogP contribution in [0.3, 0.4) is 0 Å². The highest BCUT2D eigenvalue weighted by Crippen LogP contribution is 2.32. The number of aliphatic hydroxyl groups excluding tert-OH is 1. The van der Waals surface area contributed by atoms with E-state index in [0.717, 1.165) is 10.0 Å². The van der Waals surface area contributed by atoms with E-state index < -0.39 is 6.10 Å². The fraction of sp³-hybridized carbons (Fsp3) is 0.357. The molecule has 1 aromatic heterocycles. The Labute approximate surface area is 121 Å². The van der Waals surface area contributed by atoms with Gasteiger partial charge in [0.05, 0.1) is 23.0 Å². The Hall–Kier alpha value is -1.33. The number of aliphatic hydroxyl groups is 1. The minimum absolute atomic E-state index is 0.304. The Morgan fingerprint density at radius 3 is 2.58 bits per heavy atom. The minimum Gasteiger partial charge on any atom is -0.453 e. The maximum absolute atomic E-state index is 9.52. The van der Waals surface area contributed by atoms with E-state index in [2.05, 4.69) is 34.9 Å². The van der Waals surface area contributed by atoms with Crippen LogP contribution in [0.1, 0.15) is 38.5 Å². The van der Waals surface area contributed by atoms with E-state index in [0.29, 0.717) is 17.5 Å². The second-order valence-electron chi connectivity index (χ2n) is 4.72. The third-order valence-corrected chi connectivity index (χ3v) is 3.39. The van der Waals surface area contributed by atoms with Crippen molar-refractivity contribution in [1.29, 1.82) is 0 Å². The summed E-state index contributed by atoms with van der Waals surface area (Å²) in [6, 6.07) is 5.84. The molecular formula is C14H17BrN2O2. The molecule has 0 bridgehead atoms. The lowest BCUT2D eigenvalue weighted by atomic mass is 10.1. The Bertz CT molecular complexity index is 564. The van der Waals surface area contributed by atoms with E-state index in [-0.39, 0.29) is 0 Å². The Balaban J connectivity index is 2.18. The van der Waals surface area contributed by atoms with Gasteiger partial charge in [0.2, 0.25) is 0 Å². The predicted octanol–water partition coefficient (Wildman–Crippen LogP) is 4.07. The van der Waals surface area contributed by atoms with Crippen molar-refractivity contribution in [3.05, 3.63) is 40.6 Å². The van der Waals surface area contributed by atoms with Crippen molar-refractivity contribution in [2.75, 3.05) is 0 Å². The molecule has 0 aliphatic heterocycles. The van der Waals surface area contributed by atoms with Crippen LogP contribution in [-0.2, 0) is 0 Å². The second kappa shape index (κ2) is 5.75. The van der Waals surface area contributed by atoms with Crippen molar-refractivity contribution in [1.82, 2.24) is 9.78 Å². The molecule has 1 atom stereocenters. The summed E-state index contributed by atoms with van der Waals surface area (Å²) in [7, 11) is 0. The first kappa shape index (κ1) is 14.1. The molecule has 0 aliphatic carbocycles. The van der Waals surface area contributed by atoms with Crippen LogP contribution >= 0.6 is 15.9 Å². The summed E-state index contributed by atoms with van der Waals surface area (Å²) in [6.07, 6.45) is 3.06. The highest BCUT2D eigenvalue weighted by Gasteiger charge is 2.09. The standard InChI is InChI=1S/C14H17BrN2O2/c1-9(2)17-8-12(7-16-17)19-14-5-4-11(10(3)18)6-13(14)15/h4-10,18H,1-3H3/t10-/m1/s1. The summed E-state index contributed by atoms with van der Waals surface area (Å²) in [5.41, 5.74) is 0.845. The van der Waals surface area contributed by atoms with Crippen molar-refractivity contribution in [3.8, 4) is 11.5 Å². The van der Waals surface area contributed by atoms with Crippen molar-refractivity contribution in [3.63, 3.8) is 0 Å². The van der Waals surface area contributed by atoms with E-state index in [9.17, 15) is 5.11 Å². The molecule has 2 rings (SSSR count). The van der Waals surface area contributed by atoms with Crippen molar-refractivity contribution in [2.45, 2.75) is 32.9 Å². The normalized spacial score (nSPS) is 12.7. The van der Waals surface area contributed by atoms with Gasteiger partial charge < -0.3 is 9.84 Å². The van der Waals surface area contributed by atoms with Crippen LogP contribution in [-0.4, -0.2) is 14.9 Å². The monoisotopic (exact) mass is 324 g/mol. The molecule has 19 heavy (non-hydrogen) atoms. The first-order valence-electron chi connectivity index (χ1n) is 6.17. The first-order chi connectivity index (χ1) is 8.97. The van der Waals surface area contributed by atoms with Gasteiger partial charge in [0, 0.05) is 6.04 Å². The zero-order chi connectivity index (χ0) is 14.0. The molecule has 1 N–H and O–H groups in total. The zero-order valence-electron chi connectivity index (χ0n) is 11.2. The van der Waals surface area contributed by atoms with Gasteiger partial charge in [0.1, 0.15) is 5.75 Å². The molecule has 0 amide bonds. The van der Waals surface area contributed by atoms with E-state index in [1.807, 2.05) is 29.1 Å². The third kappa shape index (κ3) is 3.36. The van der Waals surface area contributed by atoms with Gasteiger partial charge in [0.15, 0.2) is 5.75 Å². The topological polar surface area (TPSA) is 47.3 Å². The maximum Gasteiger partial charge on any atom is 0.165 e. The van der Waals surface area contributed by atoms with Crippen LogP contribution in [0.4, 0.5) is 0 Å². The van der Waals surface area contributed by atoms with Gasteiger partial charge in [-0.15, -0.1) is 0 Å². The Kier molecular flexibility index (Phi) is 4.27. The number of aromatic nitrogens is 2. The fourth-order valence-electron chi connectivity index (χ4n) is 1.64. The molecule has 5 heteroatoms. The average molecular weight is 325 g/mol. The summed E-state index contributed by atoms with van der Waals surface area (Å²) >= 11 is 3.45. The van der Waals surface area contributed by atoms with E-state index in [1.54, 1.807) is 13.1 Å². The lowest BCUT2D eigenvalue weighted by Gasteiger charge is -2.09. The average Bonchev–Trinajstić information content (AvgIpc) is 2.80. The number of ether oxygens (including phenoxy) is 1.